The first-order valence-corrected chi connectivity index (χ1v) is 15.8. The molecule has 48 heavy (non-hydrogen) atoms. The summed E-state index contributed by atoms with van der Waals surface area (Å²) in [6.45, 7) is 0. The van der Waals surface area contributed by atoms with Crippen LogP contribution in [0.3, 0.4) is 0 Å². The summed E-state index contributed by atoms with van der Waals surface area (Å²) in [7, 11) is 0. The monoisotopic (exact) mass is 616 g/mol. The van der Waals surface area contributed by atoms with Crippen molar-refractivity contribution < 1.29 is 8.83 Å². The smallest absolute Gasteiger partial charge is 0.227 e. The van der Waals surface area contributed by atoms with Crippen molar-refractivity contribution in [2.75, 3.05) is 0 Å². The maximum atomic E-state index is 6.39. The van der Waals surface area contributed by atoms with E-state index < -0.39 is 0 Å². The molecular weight excluding hydrogens is 592 g/mol. The summed E-state index contributed by atoms with van der Waals surface area (Å²) in [6, 6.07) is 48.9. The maximum absolute atomic E-state index is 6.39. The number of rotatable bonds is 4. The molecule has 224 valence electrons. The van der Waals surface area contributed by atoms with Crippen LogP contribution in [0.4, 0.5) is 0 Å². The number of aromatic nitrogens is 4. The van der Waals surface area contributed by atoms with Crippen LogP contribution in [0.15, 0.2) is 154 Å². The van der Waals surface area contributed by atoms with E-state index >= 15 is 0 Å². The summed E-state index contributed by atoms with van der Waals surface area (Å²) >= 11 is 0. The largest absolute Gasteiger partial charge is 0.456 e. The molecule has 0 aliphatic heterocycles. The van der Waals surface area contributed by atoms with Crippen LogP contribution in [0.25, 0.3) is 100 Å². The van der Waals surface area contributed by atoms with E-state index in [-0.39, 0.29) is 0 Å². The lowest BCUT2D eigenvalue weighted by atomic mass is 10.0. The predicted molar refractivity (Wildman–Crippen MR) is 191 cm³/mol. The van der Waals surface area contributed by atoms with Gasteiger partial charge in [-0.15, -0.1) is 0 Å². The number of fused-ring (bicyclic) bond motifs is 7. The topological polar surface area (TPSA) is 77.8 Å². The molecule has 0 bridgehead atoms. The molecule has 0 fully saturated rings. The third-order valence-electron chi connectivity index (χ3n) is 8.96. The first-order chi connectivity index (χ1) is 23.8. The number of benzene rings is 6. The zero-order valence-electron chi connectivity index (χ0n) is 25.5. The van der Waals surface area contributed by atoms with Crippen molar-refractivity contribution in [3.8, 4) is 45.4 Å². The number of hydrogen-bond donors (Lipinski definition) is 0. The molecule has 0 radical (unpaired) electrons. The van der Waals surface area contributed by atoms with E-state index in [1.165, 1.54) is 10.8 Å². The van der Waals surface area contributed by atoms with Crippen LogP contribution < -0.4 is 0 Å². The summed E-state index contributed by atoms with van der Waals surface area (Å²) in [5.41, 5.74) is 7.40. The Morgan fingerprint density at radius 1 is 0.375 bits per heavy atom. The Bertz CT molecular complexity index is 2850. The van der Waals surface area contributed by atoms with Gasteiger partial charge < -0.3 is 8.83 Å². The van der Waals surface area contributed by atoms with Crippen LogP contribution in [-0.2, 0) is 0 Å². The zero-order valence-corrected chi connectivity index (χ0v) is 25.5. The normalized spacial score (nSPS) is 11.8. The highest BCUT2D eigenvalue weighted by Gasteiger charge is 2.21. The van der Waals surface area contributed by atoms with Gasteiger partial charge in [-0.2, -0.15) is 0 Å². The molecule has 0 aliphatic carbocycles. The Hall–Kier alpha value is -6.66. The number of pyridine rings is 1. The van der Waals surface area contributed by atoms with Gasteiger partial charge in [-0.05, 0) is 47.2 Å². The minimum Gasteiger partial charge on any atom is -0.456 e. The second-order valence-corrected chi connectivity index (χ2v) is 11.8. The molecular formula is C42H24N4O2. The first kappa shape index (κ1) is 26.5. The van der Waals surface area contributed by atoms with E-state index in [2.05, 4.69) is 60.7 Å². The van der Waals surface area contributed by atoms with Gasteiger partial charge in [0, 0.05) is 43.8 Å². The van der Waals surface area contributed by atoms with Gasteiger partial charge in [0.25, 0.3) is 0 Å². The molecule has 4 heterocycles. The Morgan fingerprint density at radius 2 is 1.02 bits per heavy atom. The molecule has 6 nitrogen and oxygen atoms in total. The third-order valence-corrected chi connectivity index (χ3v) is 8.96. The van der Waals surface area contributed by atoms with Gasteiger partial charge in [-0.3, -0.25) is 0 Å². The molecule has 10 aromatic rings. The summed E-state index contributed by atoms with van der Waals surface area (Å²) in [5.74, 6) is 1.70. The molecule has 4 aromatic heterocycles. The van der Waals surface area contributed by atoms with Crippen LogP contribution in [0, 0.1) is 0 Å². The summed E-state index contributed by atoms with van der Waals surface area (Å²) in [4.78, 5) is 20.2. The standard InChI is InChI=1S/C42H24N4O2/c1-2-11-26(12-3-1)39-44-40(30-15-8-18-35-37(30)29-14-6-7-17-34(29)47-35)46-41(45-39)31-16-9-19-36-38(31)32-22-23-33(43-42(32)48-36)28-21-20-25-10-4-5-13-27(25)24-28/h1-24H. The molecule has 0 unspecified atom stereocenters. The van der Waals surface area contributed by atoms with Gasteiger partial charge in [0.15, 0.2) is 17.5 Å². The molecule has 0 N–H and O–H groups in total. The van der Waals surface area contributed by atoms with Crippen LogP contribution in [0.2, 0.25) is 0 Å². The van der Waals surface area contributed by atoms with E-state index in [9.17, 15) is 0 Å². The van der Waals surface area contributed by atoms with Crippen molar-refractivity contribution in [1.29, 1.82) is 0 Å². The van der Waals surface area contributed by atoms with Crippen LogP contribution in [0.1, 0.15) is 0 Å². The predicted octanol–water partition coefficient (Wildman–Crippen LogP) is 10.9. The van der Waals surface area contributed by atoms with Crippen molar-refractivity contribution in [1.82, 2.24) is 19.9 Å². The maximum Gasteiger partial charge on any atom is 0.227 e. The van der Waals surface area contributed by atoms with Crippen LogP contribution >= 0.6 is 0 Å². The van der Waals surface area contributed by atoms with Crippen LogP contribution in [0.5, 0.6) is 0 Å². The van der Waals surface area contributed by atoms with Crippen LogP contribution in [-0.4, -0.2) is 19.9 Å². The average Bonchev–Trinajstić information content (AvgIpc) is 3.73. The van der Waals surface area contributed by atoms with Crippen molar-refractivity contribution in [3.05, 3.63) is 146 Å². The van der Waals surface area contributed by atoms with E-state index in [0.29, 0.717) is 23.2 Å². The molecule has 6 aromatic carbocycles. The second-order valence-electron chi connectivity index (χ2n) is 11.8. The van der Waals surface area contributed by atoms with Crippen molar-refractivity contribution in [2.45, 2.75) is 0 Å². The van der Waals surface area contributed by atoms with Crippen molar-refractivity contribution in [3.63, 3.8) is 0 Å². The van der Waals surface area contributed by atoms with E-state index in [1.807, 2.05) is 84.9 Å². The molecule has 0 saturated heterocycles. The zero-order chi connectivity index (χ0) is 31.6. The lowest BCUT2D eigenvalue weighted by molar-refractivity contribution is 0.654. The summed E-state index contributed by atoms with van der Waals surface area (Å²) in [6.07, 6.45) is 0. The fraction of sp³-hybridized carbons (Fsp3) is 0. The van der Waals surface area contributed by atoms with Gasteiger partial charge in [0.05, 0.1) is 5.69 Å². The fourth-order valence-corrected chi connectivity index (χ4v) is 6.70. The van der Waals surface area contributed by atoms with Gasteiger partial charge >= 0.3 is 0 Å². The molecule has 0 atom stereocenters. The molecule has 6 heteroatoms. The first-order valence-electron chi connectivity index (χ1n) is 15.8. The Kier molecular flexibility index (Phi) is 5.77. The molecule has 0 spiro atoms. The van der Waals surface area contributed by atoms with E-state index in [1.54, 1.807) is 0 Å². The van der Waals surface area contributed by atoms with Gasteiger partial charge in [-0.25, -0.2) is 19.9 Å². The van der Waals surface area contributed by atoms with E-state index in [0.717, 1.165) is 66.2 Å². The second kappa shape index (κ2) is 10.4. The minimum atomic E-state index is 0.551. The molecule has 0 amide bonds. The molecule has 0 aliphatic rings. The quantitative estimate of drug-likeness (QED) is 0.196. The van der Waals surface area contributed by atoms with Crippen molar-refractivity contribution in [2.24, 2.45) is 0 Å². The Balaban J connectivity index is 1.19. The Labute approximate surface area is 274 Å². The fourth-order valence-electron chi connectivity index (χ4n) is 6.70. The van der Waals surface area contributed by atoms with Crippen molar-refractivity contribution >= 4 is 54.8 Å². The summed E-state index contributed by atoms with van der Waals surface area (Å²) in [5, 5.41) is 6.16. The van der Waals surface area contributed by atoms with E-state index in [4.69, 9.17) is 28.8 Å². The minimum absolute atomic E-state index is 0.551. The number of para-hydroxylation sites is 1. The van der Waals surface area contributed by atoms with Gasteiger partial charge in [-0.1, -0.05) is 109 Å². The SMILES string of the molecule is c1ccc(-c2nc(-c3cccc4oc5ccccc5c34)nc(-c3cccc4oc5nc(-c6ccc7ccccc7c6)ccc5c34)n2)cc1. The molecule has 0 saturated carbocycles. The number of nitrogens with zero attached hydrogens (tertiary/aromatic N) is 4. The Morgan fingerprint density at radius 3 is 1.83 bits per heavy atom. The van der Waals surface area contributed by atoms with Gasteiger partial charge in [0.2, 0.25) is 5.71 Å². The highest BCUT2D eigenvalue weighted by atomic mass is 16.3. The number of furan rings is 2. The number of hydrogen-bond acceptors (Lipinski definition) is 6. The average molecular weight is 617 g/mol. The third kappa shape index (κ3) is 4.20. The highest BCUT2D eigenvalue weighted by Crippen LogP contribution is 2.39. The lowest BCUT2D eigenvalue weighted by Crippen LogP contribution is -2.00. The van der Waals surface area contributed by atoms with Gasteiger partial charge in [0.1, 0.15) is 16.7 Å². The molecule has 10 rings (SSSR count). The highest BCUT2D eigenvalue weighted by molar-refractivity contribution is 6.13. The lowest BCUT2D eigenvalue weighted by Gasteiger charge is -2.10. The summed E-state index contributed by atoms with van der Waals surface area (Å²) < 4.78 is 12.6.